The molecule has 0 radical (unpaired) electrons. The normalized spacial score (nSPS) is 21.8. The lowest BCUT2D eigenvalue weighted by Crippen LogP contribution is -2.61. The molecular formula is C30H26O14. The second-order valence-corrected chi connectivity index (χ2v) is 9.79. The van der Waals surface area contributed by atoms with Crippen molar-refractivity contribution in [2.45, 2.75) is 30.7 Å². The van der Waals surface area contributed by atoms with Crippen LogP contribution in [0.1, 0.15) is 5.56 Å². The zero-order valence-corrected chi connectivity index (χ0v) is 22.5. The van der Waals surface area contributed by atoms with Gasteiger partial charge in [0.1, 0.15) is 46.5 Å². The van der Waals surface area contributed by atoms with E-state index in [2.05, 4.69) is 0 Å². The van der Waals surface area contributed by atoms with E-state index in [1.807, 2.05) is 0 Å². The zero-order chi connectivity index (χ0) is 31.7. The van der Waals surface area contributed by atoms with Gasteiger partial charge >= 0.3 is 5.97 Å². The van der Waals surface area contributed by atoms with Crippen molar-refractivity contribution in [3.05, 3.63) is 76.5 Å². The smallest absolute Gasteiger partial charge is 0.331 e. The minimum atomic E-state index is -1.90. The van der Waals surface area contributed by atoms with E-state index in [-0.39, 0.29) is 16.9 Å². The minimum absolute atomic E-state index is 0.0326. The van der Waals surface area contributed by atoms with Crippen LogP contribution in [0.2, 0.25) is 0 Å². The Morgan fingerprint density at radius 3 is 2.36 bits per heavy atom. The van der Waals surface area contributed by atoms with Gasteiger partial charge in [-0.15, -0.1) is 0 Å². The number of hydrogen-bond acceptors (Lipinski definition) is 14. The molecule has 3 aromatic carbocycles. The first kappa shape index (κ1) is 30.2. The molecule has 1 aliphatic heterocycles. The maximum atomic E-state index is 13.7. The molecule has 0 saturated carbocycles. The van der Waals surface area contributed by atoms with Crippen molar-refractivity contribution < 1.29 is 64.3 Å². The van der Waals surface area contributed by atoms with Gasteiger partial charge in [0, 0.05) is 23.8 Å². The summed E-state index contributed by atoms with van der Waals surface area (Å²) in [4.78, 5) is 26.4. The second kappa shape index (κ2) is 12.1. The lowest BCUT2D eigenvalue weighted by molar-refractivity contribution is -0.281. The highest BCUT2D eigenvalue weighted by Crippen LogP contribution is 2.39. The van der Waals surface area contributed by atoms with Crippen LogP contribution in [0.15, 0.2) is 69.9 Å². The molecule has 8 N–H and O–H groups in total. The Balaban J connectivity index is 1.58. The van der Waals surface area contributed by atoms with E-state index in [1.54, 1.807) is 6.07 Å². The minimum Gasteiger partial charge on any atom is -0.508 e. The van der Waals surface area contributed by atoms with Crippen molar-refractivity contribution in [2.24, 2.45) is 0 Å². The lowest BCUT2D eigenvalue weighted by atomic mass is 9.99. The first-order valence-corrected chi connectivity index (χ1v) is 13.0. The molecule has 230 valence electrons. The number of carbonyl (C=O) groups is 1. The van der Waals surface area contributed by atoms with Crippen LogP contribution in [-0.4, -0.2) is 84.1 Å². The highest BCUT2D eigenvalue weighted by molar-refractivity contribution is 5.89. The van der Waals surface area contributed by atoms with E-state index in [0.717, 1.165) is 30.3 Å². The third kappa shape index (κ3) is 5.95. The molecule has 5 rings (SSSR count). The largest absolute Gasteiger partial charge is 0.508 e. The summed E-state index contributed by atoms with van der Waals surface area (Å²) in [5, 5.41) is 80.5. The maximum absolute atomic E-state index is 13.7. The zero-order valence-electron chi connectivity index (χ0n) is 22.5. The van der Waals surface area contributed by atoms with E-state index in [1.165, 1.54) is 30.3 Å². The summed E-state index contributed by atoms with van der Waals surface area (Å²) in [5.74, 6) is -4.44. The Hall–Kier alpha value is -5.28. The Bertz CT molecular complexity index is 1800. The van der Waals surface area contributed by atoms with Gasteiger partial charge in [0.25, 0.3) is 0 Å². The number of aliphatic hydroxyl groups excluding tert-OH is 3. The molecule has 4 aromatic rings. The standard InChI is InChI=1S/C30H26O14/c31-12-21-24(38)26(40)29(43-22(37)7-4-13-2-1-3-15(32)8-13)30(42-21)44-28-25(39)23-19(36)10-16(33)11-20(23)41-27(28)14-5-6-17(34)18(35)9-14/h1-11,21,24,26,29-36,38,40H,12H2. The molecule has 2 heterocycles. The quantitative estimate of drug-likeness (QED) is 0.0840. The number of benzene rings is 3. The summed E-state index contributed by atoms with van der Waals surface area (Å²) in [6.45, 7) is -0.818. The van der Waals surface area contributed by atoms with Crippen LogP contribution in [0.4, 0.5) is 0 Å². The summed E-state index contributed by atoms with van der Waals surface area (Å²) in [7, 11) is 0. The number of aliphatic hydroxyl groups is 3. The van der Waals surface area contributed by atoms with Gasteiger partial charge in [0.15, 0.2) is 23.4 Å². The van der Waals surface area contributed by atoms with E-state index < -0.39 is 88.6 Å². The van der Waals surface area contributed by atoms with Crippen LogP contribution in [-0.2, 0) is 14.3 Å². The number of aromatic hydroxyl groups is 5. The molecule has 5 unspecified atom stereocenters. The molecule has 0 amide bonds. The van der Waals surface area contributed by atoms with Crippen LogP contribution >= 0.6 is 0 Å². The first-order chi connectivity index (χ1) is 21.0. The van der Waals surface area contributed by atoms with Crippen LogP contribution in [0, 0.1) is 0 Å². The summed E-state index contributed by atoms with van der Waals surface area (Å²) in [6, 6.07) is 11.2. The van der Waals surface area contributed by atoms with E-state index >= 15 is 0 Å². The van der Waals surface area contributed by atoms with E-state index in [9.17, 15) is 50.4 Å². The van der Waals surface area contributed by atoms with Crippen LogP contribution in [0.3, 0.4) is 0 Å². The molecule has 14 nitrogen and oxygen atoms in total. The Morgan fingerprint density at radius 1 is 0.886 bits per heavy atom. The van der Waals surface area contributed by atoms with Crippen molar-refractivity contribution in [1.82, 2.24) is 0 Å². The van der Waals surface area contributed by atoms with Crippen molar-refractivity contribution in [3.63, 3.8) is 0 Å². The van der Waals surface area contributed by atoms with Gasteiger partial charge < -0.3 is 59.5 Å². The van der Waals surface area contributed by atoms with E-state index in [4.69, 9.17) is 18.6 Å². The van der Waals surface area contributed by atoms with Crippen LogP contribution < -0.4 is 10.2 Å². The molecule has 1 aromatic heterocycles. The van der Waals surface area contributed by atoms with Gasteiger partial charge in [-0.1, -0.05) is 12.1 Å². The molecular weight excluding hydrogens is 584 g/mol. The average Bonchev–Trinajstić information content (AvgIpc) is 2.98. The Morgan fingerprint density at radius 2 is 1.66 bits per heavy atom. The highest BCUT2D eigenvalue weighted by atomic mass is 16.7. The number of hydrogen-bond donors (Lipinski definition) is 8. The molecule has 1 aliphatic rings. The third-order valence-corrected chi connectivity index (χ3v) is 6.75. The number of carbonyl (C=O) groups excluding carboxylic acids is 1. The van der Waals surface area contributed by atoms with E-state index in [0.29, 0.717) is 5.56 Å². The van der Waals surface area contributed by atoms with Gasteiger partial charge in [-0.25, -0.2) is 4.79 Å². The highest BCUT2D eigenvalue weighted by Gasteiger charge is 2.48. The summed E-state index contributed by atoms with van der Waals surface area (Å²) in [5.41, 5.74) is -0.924. The fourth-order valence-electron chi connectivity index (χ4n) is 4.59. The predicted octanol–water partition coefficient (Wildman–Crippen LogP) is 1.43. The predicted molar refractivity (Wildman–Crippen MR) is 150 cm³/mol. The van der Waals surface area contributed by atoms with Gasteiger partial charge in [0.05, 0.1) is 6.61 Å². The molecule has 0 spiro atoms. The van der Waals surface area contributed by atoms with Gasteiger partial charge in [-0.2, -0.15) is 0 Å². The third-order valence-electron chi connectivity index (χ3n) is 6.75. The molecule has 1 fully saturated rings. The number of phenolic OH excluding ortho intramolecular Hbond substituents is 5. The number of fused-ring (bicyclic) bond motifs is 1. The van der Waals surface area contributed by atoms with Crippen molar-refractivity contribution in [3.8, 4) is 45.8 Å². The number of rotatable bonds is 7. The molecule has 44 heavy (non-hydrogen) atoms. The summed E-state index contributed by atoms with van der Waals surface area (Å²) < 4.78 is 22.5. The number of ether oxygens (including phenoxy) is 3. The molecule has 5 atom stereocenters. The molecule has 14 heteroatoms. The van der Waals surface area contributed by atoms with Crippen molar-refractivity contribution in [1.29, 1.82) is 0 Å². The number of esters is 1. The lowest BCUT2D eigenvalue weighted by Gasteiger charge is -2.41. The SMILES string of the molecule is O=C(C=Cc1cccc(O)c1)OC1C(Oc2c(-c3ccc(O)c(O)c3)oc3cc(O)cc(O)c3c2=O)OC(CO)C(O)C1O. The van der Waals surface area contributed by atoms with Crippen molar-refractivity contribution in [2.75, 3.05) is 6.61 Å². The fourth-order valence-corrected chi connectivity index (χ4v) is 4.59. The fraction of sp³-hybridized carbons (Fsp3) is 0.200. The maximum Gasteiger partial charge on any atom is 0.331 e. The molecule has 0 bridgehead atoms. The monoisotopic (exact) mass is 610 g/mol. The van der Waals surface area contributed by atoms with Gasteiger partial charge in [-0.05, 0) is 42.0 Å². The van der Waals surface area contributed by atoms with Crippen molar-refractivity contribution >= 4 is 23.0 Å². The summed E-state index contributed by atoms with van der Waals surface area (Å²) in [6.07, 6.45) is -6.54. The Labute approximate surface area is 247 Å². The average molecular weight is 611 g/mol. The van der Waals surface area contributed by atoms with Crippen LogP contribution in [0.25, 0.3) is 28.4 Å². The summed E-state index contributed by atoms with van der Waals surface area (Å²) >= 11 is 0. The first-order valence-electron chi connectivity index (χ1n) is 13.0. The van der Waals surface area contributed by atoms with Gasteiger partial charge in [0.2, 0.25) is 17.5 Å². The molecule has 0 aliphatic carbocycles. The topological polar surface area (TPSA) is 237 Å². The van der Waals surface area contributed by atoms with Gasteiger partial charge in [-0.3, -0.25) is 4.79 Å². The van der Waals surface area contributed by atoms with Crippen LogP contribution in [0.5, 0.6) is 34.5 Å². The number of phenols is 5. The molecule has 1 saturated heterocycles. The Kier molecular flexibility index (Phi) is 8.33. The second-order valence-electron chi connectivity index (χ2n) is 9.79.